The normalized spacial score (nSPS) is 21.0. The molecule has 1 saturated heterocycles. The van der Waals surface area contributed by atoms with Crippen molar-refractivity contribution in [2.45, 2.75) is 45.7 Å². The molecule has 6 heteroatoms. The fourth-order valence-corrected chi connectivity index (χ4v) is 3.81. The molecule has 0 saturated carbocycles. The first-order valence-electron chi connectivity index (χ1n) is 8.43. The summed E-state index contributed by atoms with van der Waals surface area (Å²) in [5.74, 6) is 2.89. The van der Waals surface area contributed by atoms with Crippen molar-refractivity contribution >= 4 is 0 Å². The molecule has 1 fully saturated rings. The average Bonchev–Trinajstić information content (AvgIpc) is 2.91. The lowest BCUT2D eigenvalue weighted by atomic mass is 9.90. The van der Waals surface area contributed by atoms with Gasteiger partial charge in [-0.2, -0.15) is 0 Å². The van der Waals surface area contributed by atoms with E-state index < -0.39 is 0 Å². The van der Waals surface area contributed by atoms with E-state index in [9.17, 15) is 0 Å². The molecule has 0 amide bonds. The smallest absolute Gasteiger partial charge is 0.147 e. The van der Waals surface area contributed by atoms with E-state index in [1.165, 1.54) is 18.7 Å². The molecule has 0 unspecified atom stereocenters. The van der Waals surface area contributed by atoms with E-state index in [0.29, 0.717) is 5.92 Å². The number of rotatable bonds is 5. The molecule has 0 aromatic carbocycles. The summed E-state index contributed by atoms with van der Waals surface area (Å²) in [7, 11) is 1.79. The molecule has 1 aromatic rings. The highest BCUT2D eigenvalue weighted by atomic mass is 16.5. The maximum Gasteiger partial charge on any atom is 0.147 e. The Morgan fingerprint density at radius 3 is 2.73 bits per heavy atom. The third-order valence-electron chi connectivity index (χ3n) is 4.79. The van der Waals surface area contributed by atoms with Crippen molar-refractivity contribution in [2.24, 2.45) is 5.41 Å². The first-order chi connectivity index (χ1) is 10.6. The molecular formula is C16H29N5O. The summed E-state index contributed by atoms with van der Waals surface area (Å²) in [4.78, 5) is 2.57. The first-order valence-corrected chi connectivity index (χ1v) is 8.43. The summed E-state index contributed by atoms with van der Waals surface area (Å²) in [6, 6.07) is 0. The van der Waals surface area contributed by atoms with Crippen molar-refractivity contribution in [1.82, 2.24) is 25.0 Å². The van der Waals surface area contributed by atoms with E-state index in [-0.39, 0.29) is 5.41 Å². The van der Waals surface area contributed by atoms with Crippen LogP contribution in [0.2, 0.25) is 0 Å². The van der Waals surface area contributed by atoms with Gasteiger partial charge in [-0.1, -0.05) is 13.8 Å². The Kier molecular flexibility index (Phi) is 4.80. The summed E-state index contributed by atoms with van der Waals surface area (Å²) in [5, 5.41) is 12.2. The van der Waals surface area contributed by atoms with E-state index in [4.69, 9.17) is 4.74 Å². The molecule has 6 nitrogen and oxygen atoms in total. The molecule has 124 valence electrons. The van der Waals surface area contributed by atoms with E-state index in [0.717, 1.165) is 51.7 Å². The van der Waals surface area contributed by atoms with Crippen LogP contribution < -0.4 is 5.32 Å². The summed E-state index contributed by atoms with van der Waals surface area (Å²) in [6.07, 6.45) is 2.38. The second-order valence-corrected chi connectivity index (χ2v) is 7.45. The second-order valence-electron chi connectivity index (χ2n) is 7.45. The van der Waals surface area contributed by atoms with Crippen molar-refractivity contribution in [2.75, 3.05) is 39.9 Å². The van der Waals surface area contributed by atoms with Crippen molar-refractivity contribution in [3.05, 3.63) is 11.6 Å². The van der Waals surface area contributed by atoms with Crippen molar-refractivity contribution in [3.8, 4) is 0 Å². The summed E-state index contributed by atoms with van der Waals surface area (Å²) >= 11 is 0. The van der Waals surface area contributed by atoms with Gasteiger partial charge in [0.1, 0.15) is 11.6 Å². The first kappa shape index (κ1) is 15.9. The Morgan fingerprint density at radius 1 is 1.23 bits per heavy atom. The SMILES string of the molecule is COCC(C)(C)CN1CCC(c2nnc3n2CCNC3)CC1. The predicted octanol–water partition coefficient (Wildman–Crippen LogP) is 1.23. The van der Waals surface area contributed by atoms with E-state index in [2.05, 4.69) is 38.8 Å². The summed E-state index contributed by atoms with van der Waals surface area (Å²) in [5.41, 5.74) is 0.223. The molecule has 22 heavy (non-hydrogen) atoms. The van der Waals surface area contributed by atoms with Crippen LogP contribution in [0.5, 0.6) is 0 Å². The summed E-state index contributed by atoms with van der Waals surface area (Å²) in [6.45, 7) is 11.7. The fraction of sp³-hybridized carbons (Fsp3) is 0.875. The monoisotopic (exact) mass is 307 g/mol. The highest BCUT2D eigenvalue weighted by Crippen LogP contribution is 2.29. The zero-order chi connectivity index (χ0) is 15.6. The third-order valence-corrected chi connectivity index (χ3v) is 4.79. The van der Waals surface area contributed by atoms with Crippen LogP contribution in [0.15, 0.2) is 0 Å². The minimum absolute atomic E-state index is 0.223. The number of aromatic nitrogens is 3. The van der Waals surface area contributed by atoms with Crippen molar-refractivity contribution in [1.29, 1.82) is 0 Å². The number of hydrogen-bond acceptors (Lipinski definition) is 5. The molecule has 0 spiro atoms. The number of nitrogens with zero attached hydrogens (tertiary/aromatic N) is 4. The van der Waals surface area contributed by atoms with Gasteiger partial charge in [0, 0.05) is 38.1 Å². The van der Waals surface area contributed by atoms with Crippen molar-refractivity contribution < 1.29 is 4.74 Å². The van der Waals surface area contributed by atoms with Crippen LogP contribution in [0.4, 0.5) is 0 Å². The standard InChI is InChI=1S/C16H29N5O/c1-16(2,12-22-3)11-20-7-4-13(5-8-20)15-19-18-14-10-17-6-9-21(14)15/h13,17H,4-12H2,1-3H3. The van der Waals surface area contributed by atoms with Gasteiger partial charge >= 0.3 is 0 Å². The van der Waals surface area contributed by atoms with Gasteiger partial charge in [-0.3, -0.25) is 0 Å². The van der Waals surface area contributed by atoms with Crippen LogP contribution in [-0.4, -0.2) is 59.6 Å². The van der Waals surface area contributed by atoms with Crippen LogP contribution in [0.3, 0.4) is 0 Å². The zero-order valence-electron chi connectivity index (χ0n) is 14.1. The molecule has 0 bridgehead atoms. The van der Waals surface area contributed by atoms with Crippen LogP contribution in [0.1, 0.15) is 44.3 Å². The Hall–Kier alpha value is -0.980. The molecule has 3 heterocycles. The predicted molar refractivity (Wildman–Crippen MR) is 85.8 cm³/mol. The minimum atomic E-state index is 0.223. The number of piperidine rings is 1. The Morgan fingerprint density at radius 2 is 2.00 bits per heavy atom. The largest absolute Gasteiger partial charge is 0.384 e. The lowest BCUT2D eigenvalue weighted by Gasteiger charge is -2.37. The van der Waals surface area contributed by atoms with Gasteiger partial charge < -0.3 is 19.5 Å². The van der Waals surface area contributed by atoms with E-state index >= 15 is 0 Å². The van der Waals surface area contributed by atoms with Crippen LogP contribution in [-0.2, 0) is 17.8 Å². The molecule has 1 N–H and O–H groups in total. The second kappa shape index (κ2) is 6.64. The maximum atomic E-state index is 5.34. The molecule has 3 rings (SSSR count). The third kappa shape index (κ3) is 3.50. The minimum Gasteiger partial charge on any atom is -0.384 e. The highest BCUT2D eigenvalue weighted by Gasteiger charge is 2.29. The average molecular weight is 307 g/mol. The lowest BCUT2D eigenvalue weighted by molar-refractivity contribution is 0.0605. The quantitative estimate of drug-likeness (QED) is 0.887. The van der Waals surface area contributed by atoms with Crippen LogP contribution in [0.25, 0.3) is 0 Å². The Labute approximate surface area is 133 Å². The van der Waals surface area contributed by atoms with Crippen molar-refractivity contribution in [3.63, 3.8) is 0 Å². The molecule has 0 radical (unpaired) electrons. The molecular weight excluding hydrogens is 278 g/mol. The van der Waals surface area contributed by atoms with Crippen LogP contribution in [0, 0.1) is 5.41 Å². The van der Waals surface area contributed by atoms with Gasteiger partial charge in [0.15, 0.2) is 0 Å². The van der Waals surface area contributed by atoms with Gasteiger partial charge in [-0.25, -0.2) is 0 Å². The molecule has 2 aliphatic heterocycles. The van der Waals surface area contributed by atoms with Gasteiger partial charge in [0.25, 0.3) is 0 Å². The van der Waals surface area contributed by atoms with Gasteiger partial charge in [-0.15, -0.1) is 10.2 Å². The van der Waals surface area contributed by atoms with Gasteiger partial charge in [0.05, 0.1) is 13.2 Å². The summed E-state index contributed by atoms with van der Waals surface area (Å²) < 4.78 is 7.68. The number of methoxy groups -OCH3 is 1. The molecule has 2 aliphatic rings. The number of hydrogen-bond donors (Lipinski definition) is 1. The zero-order valence-corrected chi connectivity index (χ0v) is 14.1. The number of fused-ring (bicyclic) bond motifs is 1. The number of likely N-dealkylation sites (tertiary alicyclic amines) is 1. The highest BCUT2D eigenvalue weighted by molar-refractivity contribution is 5.05. The number of ether oxygens (including phenoxy) is 1. The van der Waals surface area contributed by atoms with E-state index in [1.807, 2.05) is 0 Å². The molecule has 0 atom stereocenters. The van der Waals surface area contributed by atoms with Gasteiger partial charge in [-0.05, 0) is 25.9 Å². The molecule has 0 aliphatic carbocycles. The Bertz CT molecular complexity index is 491. The van der Waals surface area contributed by atoms with Crippen LogP contribution >= 0.6 is 0 Å². The Balaban J connectivity index is 1.57. The molecule has 1 aromatic heterocycles. The lowest BCUT2D eigenvalue weighted by Crippen LogP contribution is -2.41. The topological polar surface area (TPSA) is 55.2 Å². The fourth-order valence-electron chi connectivity index (χ4n) is 3.81. The van der Waals surface area contributed by atoms with Gasteiger partial charge in [0.2, 0.25) is 0 Å². The van der Waals surface area contributed by atoms with E-state index in [1.54, 1.807) is 7.11 Å². The number of nitrogens with one attached hydrogen (secondary N) is 1. The maximum absolute atomic E-state index is 5.34.